The fraction of sp³-hybridized carbons (Fsp3) is 0.500. The van der Waals surface area contributed by atoms with Crippen molar-refractivity contribution in [3.63, 3.8) is 0 Å². The van der Waals surface area contributed by atoms with Crippen molar-refractivity contribution in [3.8, 4) is 0 Å². The summed E-state index contributed by atoms with van der Waals surface area (Å²) in [4.78, 5) is 10.6. The van der Waals surface area contributed by atoms with Gasteiger partial charge in [0.05, 0.1) is 11.8 Å². The second kappa shape index (κ2) is 3.75. The summed E-state index contributed by atoms with van der Waals surface area (Å²) < 4.78 is 7.44. The van der Waals surface area contributed by atoms with E-state index >= 15 is 0 Å². The lowest BCUT2D eigenvalue weighted by atomic mass is 10.2. The van der Waals surface area contributed by atoms with E-state index in [1.807, 2.05) is 22.9 Å². The molecule has 0 saturated carbocycles. The van der Waals surface area contributed by atoms with Crippen molar-refractivity contribution in [1.82, 2.24) is 4.57 Å². The molecule has 3 heteroatoms. The SMILES string of the molecule is O=Cc1cccn1CC1CCCO1. The van der Waals surface area contributed by atoms with Gasteiger partial charge in [0.1, 0.15) is 0 Å². The third-order valence-corrected chi connectivity index (χ3v) is 2.41. The number of carbonyl (C=O) groups is 1. The number of carbonyl (C=O) groups excluding carboxylic acids is 1. The molecule has 1 fully saturated rings. The summed E-state index contributed by atoms with van der Waals surface area (Å²) >= 11 is 0. The Morgan fingerprint density at radius 2 is 2.62 bits per heavy atom. The molecule has 1 aromatic rings. The van der Waals surface area contributed by atoms with Gasteiger partial charge in [-0.2, -0.15) is 0 Å². The molecule has 1 saturated heterocycles. The van der Waals surface area contributed by atoms with Gasteiger partial charge in [0, 0.05) is 19.3 Å². The van der Waals surface area contributed by atoms with Gasteiger partial charge in [0.2, 0.25) is 0 Å². The number of hydrogen-bond acceptors (Lipinski definition) is 2. The zero-order valence-corrected chi connectivity index (χ0v) is 7.48. The first-order chi connectivity index (χ1) is 6.40. The summed E-state index contributed by atoms with van der Waals surface area (Å²) in [6, 6.07) is 3.71. The second-order valence-corrected chi connectivity index (χ2v) is 3.34. The van der Waals surface area contributed by atoms with Gasteiger partial charge in [-0.15, -0.1) is 0 Å². The van der Waals surface area contributed by atoms with Crippen LogP contribution in [-0.4, -0.2) is 23.6 Å². The van der Waals surface area contributed by atoms with Crippen molar-refractivity contribution in [2.75, 3.05) is 6.61 Å². The Bertz CT molecular complexity index is 287. The molecular formula is C10H13NO2. The smallest absolute Gasteiger partial charge is 0.166 e. The molecule has 0 N–H and O–H groups in total. The average molecular weight is 179 g/mol. The lowest BCUT2D eigenvalue weighted by Gasteiger charge is -2.11. The van der Waals surface area contributed by atoms with Crippen LogP contribution in [0.2, 0.25) is 0 Å². The van der Waals surface area contributed by atoms with Gasteiger partial charge in [-0.05, 0) is 25.0 Å². The van der Waals surface area contributed by atoms with Crippen LogP contribution in [0.5, 0.6) is 0 Å². The molecule has 1 aliphatic rings. The molecule has 0 amide bonds. The van der Waals surface area contributed by atoms with Crippen LogP contribution >= 0.6 is 0 Å². The highest BCUT2D eigenvalue weighted by Gasteiger charge is 2.16. The van der Waals surface area contributed by atoms with Gasteiger partial charge in [0.15, 0.2) is 6.29 Å². The Hall–Kier alpha value is -1.09. The van der Waals surface area contributed by atoms with E-state index in [-0.39, 0.29) is 0 Å². The van der Waals surface area contributed by atoms with Crippen molar-refractivity contribution in [2.24, 2.45) is 0 Å². The Balaban J connectivity index is 2.03. The fourth-order valence-electron chi connectivity index (χ4n) is 1.71. The maximum Gasteiger partial charge on any atom is 0.166 e. The van der Waals surface area contributed by atoms with Crippen LogP contribution in [0.3, 0.4) is 0 Å². The molecule has 0 radical (unpaired) electrons. The van der Waals surface area contributed by atoms with E-state index in [0.717, 1.165) is 38.0 Å². The number of aldehydes is 1. The topological polar surface area (TPSA) is 31.2 Å². The monoisotopic (exact) mass is 179 g/mol. The maximum absolute atomic E-state index is 10.6. The van der Waals surface area contributed by atoms with Crippen molar-refractivity contribution in [1.29, 1.82) is 0 Å². The van der Waals surface area contributed by atoms with E-state index < -0.39 is 0 Å². The normalized spacial score (nSPS) is 22.0. The second-order valence-electron chi connectivity index (χ2n) is 3.34. The average Bonchev–Trinajstić information content (AvgIpc) is 2.76. The Kier molecular flexibility index (Phi) is 2.45. The van der Waals surface area contributed by atoms with Gasteiger partial charge < -0.3 is 9.30 Å². The molecule has 1 aromatic heterocycles. The highest BCUT2D eigenvalue weighted by Crippen LogP contribution is 2.14. The molecule has 0 bridgehead atoms. The number of rotatable bonds is 3. The zero-order chi connectivity index (χ0) is 9.10. The molecule has 1 unspecified atom stereocenters. The van der Waals surface area contributed by atoms with Crippen LogP contribution in [-0.2, 0) is 11.3 Å². The Labute approximate surface area is 77.3 Å². The standard InChI is InChI=1S/C10H13NO2/c12-8-9-3-1-5-11(9)7-10-4-2-6-13-10/h1,3,5,8,10H,2,4,6-7H2. The van der Waals surface area contributed by atoms with Gasteiger partial charge in [-0.3, -0.25) is 4.79 Å². The summed E-state index contributed by atoms with van der Waals surface area (Å²) in [5.41, 5.74) is 0.732. The van der Waals surface area contributed by atoms with E-state index in [4.69, 9.17) is 4.74 Å². The first-order valence-corrected chi connectivity index (χ1v) is 4.62. The summed E-state index contributed by atoms with van der Waals surface area (Å²) in [5, 5.41) is 0. The molecule has 1 aliphatic heterocycles. The molecule has 13 heavy (non-hydrogen) atoms. The number of nitrogens with zero attached hydrogens (tertiary/aromatic N) is 1. The molecule has 0 aromatic carbocycles. The summed E-state index contributed by atoms with van der Waals surface area (Å²) in [5.74, 6) is 0. The minimum absolute atomic E-state index is 0.297. The third-order valence-electron chi connectivity index (χ3n) is 2.41. The Morgan fingerprint density at radius 1 is 1.69 bits per heavy atom. The maximum atomic E-state index is 10.6. The van der Waals surface area contributed by atoms with E-state index in [9.17, 15) is 4.79 Å². The molecule has 2 heterocycles. The summed E-state index contributed by atoms with van der Waals surface area (Å²) in [7, 11) is 0. The third kappa shape index (κ3) is 1.80. The number of ether oxygens (including phenoxy) is 1. The molecule has 1 atom stereocenters. The molecule has 3 nitrogen and oxygen atoms in total. The molecule has 2 rings (SSSR count). The summed E-state index contributed by atoms with van der Waals surface area (Å²) in [6.07, 6.45) is 5.35. The van der Waals surface area contributed by atoms with Crippen molar-refractivity contribution >= 4 is 6.29 Å². The predicted molar refractivity (Wildman–Crippen MR) is 48.8 cm³/mol. The van der Waals surface area contributed by atoms with Gasteiger partial charge in [-0.1, -0.05) is 0 Å². The quantitative estimate of drug-likeness (QED) is 0.658. The number of hydrogen-bond donors (Lipinski definition) is 0. The zero-order valence-electron chi connectivity index (χ0n) is 7.48. The van der Waals surface area contributed by atoms with E-state index in [1.165, 1.54) is 0 Å². The minimum Gasteiger partial charge on any atom is -0.376 e. The highest BCUT2D eigenvalue weighted by atomic mass is 16.5. The molecule has 0 spiro atoms. The molecular weight excluding hydrogens is 166 g/mol. The van der Waals surface area contributed by atoms with Crippen molar-refractivity contribution < 1.29 is 9.53 Å². The Morgan fingerprint density at radius 3 is 3.31 bits per heavy atom. The minimum atomic E-state index is 0.297. The first kappa shape index (κ1) is 8.51. The van der Waals surface area contributed by atoms with Crippen molar-refractivity contribution in [2.45, 2.75) is 25.5 Å². The van der Waals surface area contributed by atoms with Crippen molar-refractivity contribution in [3.05, 3.63) is 24.0 Å². The van der Waals surface area contributed by atoms with E-state index in [2.05, 4.69) is 0 Å². The highest BCUT2D eigenvalue weighted by molar-refractivity contribution is 5.72. The van der Waals surface area contributed by atoms with Crippen LogP contribution in [0.1, 0.15) is 23.3 Å². The van der Waals surface area contributed by atoms with Gasteiger partial charge >= 0.3 is 0 Å². The molecule has 70 valence electrons. The predicted octanol–water partition coefficient (Wildman–Crippen LogP) is 1.48. The van der Waals surface area contributed by atoms with Crippen LogP contribution in [0.4, 0.5) is 0 Å². The largest absolute Gasteiger partial charge is 0.376 e. The van der Waals surface area contributed by atoms with Crippen LogP contribution in [0.15, 0.2) is 18.3 Å². The lowest BCUT2D eigenvalue weighted by Crippen LogP contribution is -2.15. The van der Waals surface area contributed by atoms with Gasteiger partial charge in [-0.25, -0.2) is 0 Å². The summed E-state index contributed by atoms with van der Waals surface area (Å²) in [6.45, 7) is 1.67. The molecule has 0 aliphatic carbocycles. The van der Waals surface area contributed by atoms with Crippen LogP contribution in [0.25, 0.3) is 0 Å². The van der Waals surface area contributed by atoms with E-state index in [0.29, 0.717) is 6.10 Å². The van der Waals surface area contributed by atoms with E-state index in [1.54, 1.807) is 0 Å². The lowest BCUT2D eigenvalue weighted by molar-refractivity contribution is 0.0953. The van der Waals surface area contributed by atoms with Gasteiger partial charge in [0.25, 0.3) is 0 Å². The fourth-order valence-corrected chi connectivity index (χ4v) is 1.71. The number of aromatic nitrogens is 1. The van der Waals surface area contributed by atoms with Crippen LogP contribution in [0, 0.1) is 0 Å². The first-order valence-electron chi connectivity index (χ1n) is 4.62. The van der Waals surface area contributed by atoms with Crippen LogP contribution < -0.4 is 0 Å².